The molecule has 1 heterocycles. The number of aromatic nitrogens is 1. The van der Waals surface area contributed by atoms with Gasteiger partial charge in [-0.1, -0.05) is 6.07 Å². The summed E-state index contributed by atoms with van der Waals surface area (Å²) in [4.78, 5) is 14.2. The fraction of sp³-hybridized carbons (Fsp3) is 0.0769. The maximum absolute atomic E-state index is 13.6. The number of amides is 1. The van der Waals surface area contributed by atoms with Crippen LogP contribution in [0.5, 0.6) is 0 Å². The number of pyridine rings is 1. The topological polar surface area (TPSA) is 68.0 Å². The molecule has 0 saturated carbocycles. The SMILES string of the molecule is Cl.Cl.NC(=O)c1ncc(Nc2c(F)cccc2C(F)(F)F)cc1F. The normalized spacial score (nSPS) is 10.4. The number of rotatable bonds is 3. The average Bonchev–Trinajstić information content (AvgIpc) is 2.39. The Hall–Kier alpha value is -2.13. The first-order valence-electron chi connectivity index (χ1n) is 5.78. The highest BCUT2D eigenvalue weighted by atomic mass is 35.5. The number of carbonyl (C=O) groups is 1. The van der Waals surface area contributed by atoms with Crippen LogP contribution in [0.2, 0.25) is 0 Å². The number of benzene rings is 1. The van der Waals surface area contributed by atoms with Crippen molar-refractivity contribution < 1.29 is 26.7 Å². The van der Waals surface area contributed by atoms with E-state index in [0.29, 0.717) is 12.1 Å². The lowest BCUT2D eigenvalue weighted by atomic mass is 10.1. The molecule has 0 aliphatic heterocycles. The molecule has 1 aromatic heterocycles. The minimum atomic E-state index is -4.80. The van der Waals surface area contributed by atoms with Gasteiger partial charge in [0.15, 0.2) is 11.5 Å². The van der Waals surface area contributed by atoms with Crippen molar-refractivity contribution in [2.24, 2.45) is 5.73 Å². The highest BCUT2D eigenvalue weighted by molar-refractivity contribution is 5.91. The molecule has 0 fully saturated rings. The molecule has 1 amide bonds. The van der Waals surface area contributed by atoms with Crippen molar-refractivity contribution in [1.82, 2.24) is 4.98 Å². The van der Waals surface area contributed by atoms with E-state index in [-0.39, 0.29) is 30.5 Å². The average molecular weight is 390 g/mol. The minimum absolute atomic E-state index is 0. The van der Waals surface area contributed by atoms with Crippen molar-refractivity contribution in [3.05, 3.63) is 53.4 Å². The molecule has 0 unspecified atom stereocenters. The lowest BCUT2D eigenvalue weighted by Crippen LogP contribution is -2.15. The first-order valence-corrected chi connectivity index (χ1v) is 5.78. The highest BCUT2D eigenvalue weighted by Crippen LogP contribution is 2.37. The van der Waals surface area contributed by atoms with E-state index in [2.05, 4.69) is 10.3 Å². The molecule has 0 aliphatic rings. The third-order valence-electron chi connectivity index (χ3n) is 2.66. The molecule has 11 heteroatoms. The van der Waals surface area contributed by atoms with Crippen molar-refractivity contribution in [2.45, 2.75) is 6.18 Å². The van der Waals surface area contributed by atoms with E-state index in [4.69, 9.17) is 5.73 Å². The second kappa shape index (κ2) is 8.11. The van der Waals surface area contributed by atoms with Gasteiger partial charge in [-0.2, -0.15) is 13.2 Å². The van der Waals surface area contributed by atoms with Gasteiger partial charge in [0.2, 0.25) is 0 Å². The zero-order valence-corrected chi connectivity index (χ0v) is 13.2. The van der Waals surface area contributed by atoms with Crippen LogP contribution in [-0.4, -0.2) is 10.9 Å². The summed E-state index contributed by atoms with van der Waals surface area (Å²) in [6.07, 6.45) is -3.93. The molecule has 2 aromatic rings. The summed E-state index contributed by atoms with van der Waals surface area (Å²) in [6.45, 7) is 0. The maximum atomic E-state index is 13.6. The number of nitrogens with two attached hydrogens (primary N) is 1. The molecule has 1 aromatic carbocycles. The van der Waals surface area contributed by atoms with Gasteiger partial charge in [-0.05, 0) is 12.1 Å². The first-order chi connectivity index (χ1) is 10.2. The van der Waals surface area contributed by atoms with Crippen LogP contribution in [0.3, 0.4) is 0 Å². The molecule has 24 heavy (non-hydrogen) atoms. The Labute approximate surface area is 145 Å². The van der Waals surface area contributed by atoms with Crippen LogP contribution in [-0.2, 0) is 6.18 Å². The molecular formula is C13H10Cl2F5N3O. The van der Waals surface area contributed by atoms with Gasteiger partial charge in [0.05, 0.1) is 23.1 Å². The van der Waals surface area contributed by atoms with Gasteiger partial charge in [-0.25, -0.2) is 13.8 Å². The van der Waals surface area contributed by atoms with Crippen molar-refractivity contribution in [3.63, 3.8) is 0 Å². The number of nitrogens with one attached hydrogen (secondary N) is 1. The van der Waals surface area contributed by atoms with Gasteiger partial charge in [0.25, 0.3) is 5.91 Å². The van der Waals surface area contributed by atoms with E-state index in [1.165, 1.54) is 0 Å². The largest absolute Gasteiger partial charge is 0.418 e. The number of nitrogens with zero attached hydrogens (tertiary/aromatic N) is 1. The monoisotopic (exact) mass is 389 g/mol. The van der Waals surface area contributed by atoms with Crippen LogP contribution >= 0.6 is 24.8 Å². The number of hydrogen-bond acceptors (Lipinski definition) is 3. The molecule has 0 radical (unpaired) electrons. The van der Waals surface area contributed by atoms with Crippen molar-refractivity contribution in [2.75, 3.05) is 5.32 Å². The highest BCUT2D eigenvalue weighted by Gasteiger charge is 2.34. The molecule has 2 rings (SSSR count). The van der Waals surface area contributed by atoms with Crippen LogP contribution in [0.1, 0.15) is 16.1 Å². The smallest absolute Gasteiger partial charge is 0.364 e. The molecule has 132 valence electrons. The summed E-state index contributed by atoms with van der Waals surface area (Å²) in [5.74, 6) is -3.44. The van der Waals surface area contributed by atoms with Gasteiger partial charge in [0.1, 0.15) is 5.82 Å². The lowest BCUT2D eigenvalue weighted by molar-refractivity contribution is -0.137. The third kappa shape index (κ3) is 4.68. The Morgan fingerprint density at radius 3 is 2.25 bits per heavy atom. The van der Waals surface area contributed by atoms with Gasteiger partial charge < -0.3 is 11.1 Å². The summed E-state index contributed by atoms with van der Waals surface area (Å²) in [6, 6.07) is 3.09. The molecular weight excluding hydrogens is 380 g/mol. The number of primary amides is 1. The number of alkyl halides is 3. The zero-order chi connectivity index (χ0) is 16.5. The molecule has 0 bridgehead atoms. The molecule has 0 spiro atoms. The standard InChI is InChI=1S/C13H8F5N3O.2ClH/c14-8-3-1-2-7(13(16,17)18)10(8)21-6-4-9(15)11(12(19)22)20-5-6;;/h1-5,21H,(H2,19,22);2*1H. The fourth-order valence-corrected chi connectivity index (χ4v) is 1.72. The van der Waals surface area contributed by atoms with E-state index < -0.39 is 40.7 Å². The lowest BCUT2D eigenvalue weighted by Gasteiger charge is -2.15. The number of anilines is 2. The Balaban J connectivity index is 0.00000264. The van der Waals surface area contributed by atoms with Crippen molar-refractivity contribution in [1.29, 1.82) is 0 Å². The Bertz CT molecular complexity index is 740. The molecule has 3 N–H and O–H groups in total. The van der Waals surface area contributed by atoms with Crippen LogP contribution in [0, 0.1) is 11.6 Å². The van der Waals surface area contributed by atoms with E-state index in [9.17, 15) is 26.7 Å². The summed E-state index contributed by atoms with van der Waals surface area (Å²) in [5, 5.41) is 2.10. The number of para-hydroxylation sites is 1. The third-order valence-corrected chi connectivity index (χ3v) is 2.66. The molecule has 0 saturated heterocycles. The van der Waals surface area contributed by atoms with Gasteiger partial charge in [-0.15, -0.1) is 24.8 Å². The number of hydrogen-bond donors (Lipinski definition) is 2. The van der Waals surface area contributed by atoms with E-state index in [1.54, 1.807) is 0 Å². The van der Waals surface area contributed by atoms with E-state index in [1.807, 2.05) is 0 Å². The predicted molar refractivity (Wildman–Crippen MR) is 81.9 cm³/mol. The van der Waals surface area contributed by atoms with Gasteiger partial charge in [-0.3, -0.25) is 4.79 Å². The summed E-state index contributed by atoms with van der Waals surface area (Å²) in [7, 11) is 0. The maximum Gasteiger partial charge on any atom is 0.418 e. The zero-order valence-electron chi connectivity index (χ0n) is 11.5. The first kappa shape index (κ1) is 21.9. The van der Waals surface area contributed by atoms with Crippen molar-refractivity contribution in [3.8, 4) is 0 Å². The summed E-state index contributed by atoms with van der Waals surface area (Å²) in [5.41, 5.74) is 1.79. The second-order valence-corrected chi connectivity index (χ2v) is 4.20. The molecule has 0 atom stereocenters. The number of halogens is 7. The molecule has 4 nitrogen and oxygen atoms in total. The van der Waals surface area contributed by atoms with E-state index in [0.717, 1.165) is 18.3 Å². The molecule has 0 aliphatic carbocycles. The van der Waals surface area contributed by atoms with Crippen molar-refractivity contribution >= 4 is 42.1 Å². The number of carbonyl (C=O) groups excluding carboxylic acids is 1. The van der Waals surface area contributed by atoms with Crippen LogP contribution in [0.15, 0.2) is 30.5 Å². The van der Waals surface area contributed by atoms with Crippen LogP contribution in [0.4, 0.5) is 33.3 Å². The predicted octanol–water partition coefficient (Wildman–Crippen LogP) is 4.06. The fourth-order valence-electron chi connectivity index (χ4n) is 1.72. The Morgan fingerprint density at radius 1 is 1.12 bits per heavy atom. The quantitative estimate of drug-likeness (QED) is 0.777. The summed E-state index contributed by atoms with van der Waals surface area (Å²) >= 11 is 0. The van der Waals surface area contributed by atoms with Crippen LogP contribution < -0.4 is 11.1 Å². The minimum Gasteiger partial charge on any atom is -0.364 e. The van der Waals surface area contributed by atoms with Gasteiger partial charge in [0, 0.05) is 6.07 Å². The Morgan fingerprint density at radius 2 is 1.75 bits per heavy atom. The van der Waals surface area contributed by atoms with E-state index >= 15 is 0 Å². The van der Waals surface area contributed by atoms with Gasteiger partial charge >= 0.3 is 6.18 Å². The summed E-state index contributed by atoms with van der Waals surface area (Å²) < 4.78 is 65.6. The van der Waals surface area contributed by atoms with Crippen LogP contribution in [0.25, 0.3) is 0 Å². The Kier molecular flexibility index (Phi) is 7.39. The second-order valence-electron chi connectivity index (χ2n) is 4.20.